The molecule has 5 heteroatoms. The number of amides is 1. The molecule has 0 spiro atoms. The van der Waals surface area contributed by atoms with Crippen molar-refractivity contribution in [2.75, 3.05) is 11.9 Å². The van der Waals surface area contributed by atoms with E-state index in [0.29, 0.717) is 16.6 Å². The van der Waals surface area contributed by atoms with Crippen LogP contribution in [0.25, 0.3) is 0 Å². The maximum atomic E-state index is 13.0. The van der Waals surface area contributed by atoms with Crippen LogP contribution >= 0.6 is 15.9 Å². The molecule has 1 saturated heterocycles. The van der Waals surface area contributed by atoms with Crippen molar-refractivity contribution in [2.24, 2.45) is 0 Å². The number of anilines is 1. The first-order valence-electron chi connectivity index (χ1n) is 6.01. The Morgan fingerprint density at radius 3 is 3.00 bits per heavy atom. The molecule has 0 bridgehead atoms. The van der Waals surface area contributed by atoms with Crippen LogP contribution in [0.1, 0.15) is 25.7 Å². The van der Waals surface area contributed by atoms with Crippen molar-refractivity contribution >= 4 is 27.5 Å². The molecular weight excluding hydrogens is 301 g/mol. The largest absolute Gasteiger partial charge is 0.378 e. The fourth-order valence-corrected chi connectivity index (χ4v) is 2.34. The number of rotatable bonds is 3. The number of carbonyl (C=O) groups is 1. The van der Waals surface area contributed by atoms with Gasteiger partial charge in [-0.2, -0.15) is 0 Å². The second-order valence-corrected chi connectivity index (χ2v) is 5.22. The molecule has 98 valence electrons. The van der Waals surface area contributed by atoms with Crippen molar-refractivity contribution in [2.45, 2.75) is 31.8 Å². The van der Waals surface area contributed by atoms with Crippen molar-refractivity contribution in [3.8, 4) is 0 Å². The Morgan fingerprint density at radius 1 is 1.50 bits per heavy atom. The van der Waals surface area contributed by atoms with E-state index in [1.165, 1.54) is 6.07 Å². The lowest BCUT2D eigenvalue weighted by atomic mass is 10.1. The number of carbonyl (C=O) groups excluding carboxylic acids is 1. The number of nitrogens with one attached hydrogen (secondary N) is 1. The minimum atomic E-state index is -0.344. The van der Waals surface area contributed by atoms with Crippen LogP contribution in [-0.2, 0) is 9.53 Å². The maximum Gasteiger partial charge on any atom is 0.226 e. The van der Waals surface area contributed by atoms with Gasteiger partial charge in [0.15, 0.2) is 0 Å². The molecule has 0 radical (unpaired) electrons. The molecule has 1 N–H and O–H groups in total. The average Bonchev–Trinajstić information content (AvgIpc) is 2.35. The number of hydrogen-bond donors (Lipinski definition) is 1. The van der Waals surface area contributed by atoms with Gasteiger partial charge in [0.1, 0.15) is 5.82 Å². The number of halogens is 2. The van der Waals surface area contributed by atoms with E-state index in [2.05, 4.69) is 21.2 Å². The Bertz CT molecular complexity index is 433. The van der Waals surface area contributed by atoms with Crippen LogP contribution < -0.4 is 5.32 Å². The van der Waals surface area contributed by atoms with Gasteiger partial charge in [-0.1, -0.05) is 0 Å². The van der Waals surface area contributed by atoms with E-state index in [-0.39, 0.29) is 17.8 Å². The second kappa shape index (κ2) is 6.29. The van der Waals surface area contributed by atoms with Crippen molar-refractivity contribution in [3.63, 3.8) is 0 Å². The van der Waals surface area contributed by atoms with Gasteiger partial charge >= 0.3 is 0 Å². The van der Waals surface area contributed by atoms with Crippen molar-refractivity contribution in [1.29, 1.82) is 0 Å². The van der Waals surface area contributed by atoms with Gasteiger partial charge in [-0.05, 0) is 53.4 Å². The first-order valence-corrected chi connectivity index (χ1v) is 6.81. The molecule has 1 atom stereocenters. The van der Waals surface area contributed by atoms with E-state index in [9.17, 15) is 9.18 Å². The predicted octanol–water partition coefficient (Wildman–Crippen LogP) is 3.49. The van der Waals surface area contributed by atoms with E-state index >= 15 is 0 Å². The van der Waals surface area contributed by atoms with Gasteiger partial charge < -0.3 is 10.1 Å². The van der Waals surface area contributed by atoms with Crippen molar-refractivity contribution < 1.29 is 13.9 Å². The molecule has 2 rings (SSSR count). The molecule has 0 aromatic heterocycles. The fraction of sp³-hybridized carbons (Fsp3) is 0.462. The highest BCUT2D eigenvalue weighted by atomic mass is 79.9. The molecule has 3 nitrogen and oxygen atoms in total. The summed E-state index contributed by atoms with van der Waals surface area (Å²) in [7, 11) is 0. The first-order chi connectivity index (χ1) is 8.65. The average molecular weight is 316 g/mol. The monoisotopic (exact) mass is 315 g/mol. The lowest BCUT2D eigenvalue weighted by Crippen LogP contribution is -2.25. The number of benzene rings is 1. The topological polar surface area (TPSA) is 38.3 Å². The van der Waals surface area contributed by atoms with Crippen LogP contribution in [0, 0.1) is 5.82 Å². The highest BCUT2D eigenvalue weighted by molar-refractivity contribution is 9.10. The zero-order valence-corrected chi connectivity index (χ0v) is 11.5. The summed E-state index contributed by atoms with van der Waals surface area (Å²) in [6.45, 7) is 0.736. The number of hydrogen-bond acceptors (Lipinski definition) is 2. The Labute approximate surface area is 114 Å². The predicted molar refractivity (Wildman–Crippen MR) is 70.9 cm³/mol. The van der Waals surface area contributed by atoms with Crippen LogP contribution in [0.2, 0.25) is 0 Å². The molecule has 1 fully saturated rings. The summed E-state index contributed by atoms with van der Waals surface area (Å²) in [5, 5.41) is 2.74. The molecule has 1 aliphatic heterocycles. The van der Waals surface area contributed by atoms with Gasteiger partial charge in [0.2, 0.25) is 5.91 Å². The molecule has 0 aliphatic carbocycles. The SMILES string of the molecule is O=C(CC1CCCCO1)Nc1ccc(F)c(Br)c1. The van der Waals surface area contributed by atoms with Crippen molar-refractivity contribution in [1.82, 2.24) is 0 Å². The van der Waals surface area contributed by atoms with E-state index in [1.807, 2.05) is 0 Å². The van der Waals surface area contributed by atoms with E-state index in [1.54, 1.807) is 12.1 Å². The number of ether oxygens (including phenoxy) is 1. The zero-order chi connectivity index (χ0) is 13.0. The second-order valence-electron chi connectivity index (χ2n) is 4.37. The highest BCUT2D eigenvalue weighted by Crippen LogP contribution is 2.21. The van der Waals surface area contributed by atoms with Crippen molar-refractivity contribution in [3.05, 3.63) is 28.5 Å². The third-order valence-electron chi connectivity index (χ3n) is 2.89. The molecule has 1 amide bonds. The van der Waals surface area contributed by atoms with Gasteiger partial charge in [-0.15, -0.1) is 0 Å². The van der Waals surface area contributed by atoms with Crippen LogP contribution in [0.4, 0.5) is 10.1 Å². The standard InChI is InChI=1S/C13H15BrFNO2/c14-11-7-9(4-5-12(11)15)16-13(17)8-10-3-1-2-6-18-10/h4-5,7,10H,1-3,6,8H2,(H,16,17). The fourth-order valence-electron chi connectivity index (χ4n) is 1.96. The van der Waals surface area contributed by atoms with Gasteiger partial charge in [-0.3, -0.25) is 4.79 Å². The Hall–Kier alpha value is -0.940. The normalized spacial score (nSPS) is 19.6. The minimum Gasteiger partial charge on any atom is -0.378 e. The molecule has 0 saturated carbocycles. The molecule has 18 heavy (non-hydrogen) atoms. The Balaban J connectivity index is 1.88. The quantitative estimate of drug-likeness (QED) is 0.927. The smallest absolute Gasteiger partial charge is 0.226 e. The Morgan fingerprint density at radius 2 is 2.33 bits per heavy atom. The van der Waals surface area contributed by atoms with Crippen LogP contribution in [-0.4, -0.2) is 18.6 Å². The summed E-state index contributed by atoms with van der Waals surface area (Å²) in [5.41, 5.74) is 0.587. The van der Waals surface area contributed by atoms with Crippen LogP contribution in [0.5, 0.6) is 0 Å². The summed E-state index contributed by atoms with van der Waals surface area (Å²) < 4.78 is 18.9. The minimum absolute atomic E-state index is 0.0163. The molecule has 1 aromatic rings. The van der Waals surface area contributed by atoms with E-state index < -0.39 is 0 Å². The summed E-state index contributed by atoms with van der Waals surface area (Å²) in [6.07, 6.45) is 3.49. The van der Waals surface area contributed by atoms with Crippen LogP contribution in [0.15, 0.2) is 22.7 Å². The summed E-state index contributed by atoms with van der Waals surface area (Å²) >= 11 is 3.08. The van der Waals surface area contributed by atoms with Gasteiger partial charge in [-0.25, -0.2) is 4.39 Å². The van der Waals surface area contributed by atoms with Gasteiger partial charge in [0, 0.05) is 12.3 Å². The van der Waals surface area contributed by atoms with Gasteiger partial charge in [0.25, 0.3) is 0 Å². The van der Waals surface area contributed by atoms with Crippen LogP contribution in [0.3, 0.4) is 0 Å². The highest BCUT2D eigenvalue weighted by Gasteiger charge is 2.17. The molecule has 1 aliphatic rings. The molecule has 1 unspecified atom stereocenters. The summed E-state index contributed by atoms with van der Waals surface area (Å²) in [4.78, 5) is 11.8. The summed E-state index contributed by atoms with van der Waals surface area (Å²) in [6, 6.07) is 4.41. The molecular formula is C13H15BrFNO2. The van der Waals surface area contributed by atoms with Gasteiger partial charge in [0.05, 0.1) is 17.0 Å². The third-order valence-corrected chi connectivity index (χ3v) is 3.50. The molecule has 1 heterocycles. The maximum absolute atomic E-state index is 13.0. The lowest BCUT2D eigenvalue weighted by molar-refractivity contribution is -0.119. The molecule has 1 aromatic carbocycles. The third kappa shape index (κ3) is 3.78. The first kappa shape index (κ1) is 13.5. The lowest BCUT2D eigenvalue weighted by Gasteiger charge is -2.21. The summed E-state index contributed by atoms with van der Waals surface area (Å²) in [5.74, 6) is -0.441. The Kier molecular flexibility index (Phi) is 4.72. The van der Waals surface area contributed by atoms with E-state index in [0.717, 1.165) is 25.9 Å². The zero-order valence-electron chi connectivity index (χ0n) is 9.92. The van der Waals surface area contributed by atoms with E-state index in [4.69, 9.17) is 4.74 Å².